The minimum atomic E-state index is -0.0658. The number of piperidine rings is 1. The number of nitrogens with zero attached hydrogens (tertiary/aromatic N) is 4. The van der Waals surface area contributed by atoms with Crippen LogP contribution in [0, 0.1) is 18.8 Å². The molecule has 7 heteroatoms. The van der Waals surface area contributed by atoms with Crippen LogP contribution >= 0.6 is 23.8 Å². The quantitative estimate of drug-likeness (QED) is 0.448. The van der Waals surface area contributed by atoms with Crippen LogP contribution in [0.1, 0.15) is 49.4 Å². The minimum absolute atomic E-state index is 0.0435. The number of aromatic nitrogens is 2. The Morgan fingerprint density at radius 1 is 1.06 bits per heavy atom. The number of hydrogen-bond acceptors (Lipinski definition) is 3. The molecule has 0 saturated carbocycles. The van der Waals surface area contributed by atoms with E-state index in [1.54, 1.807) is 0 Å². The van der Waals surface area contributed by atoms with Crippen molar-refractivity contribution in [1.29, 1.82) is 0 Å². The molecule has 2 saturated heterocycles. The standard InChI is InChI=1S/C27H32ClN5S/c1-17-13-18(2)16-32(15-17)23-11-9-20(14-21(23)28)33-26(24-10-8-19(3)31(24)4)25(30-27(33)34)22-7-5-6-12-29-22/h5-12,14,17-18,25-26H,13,15-16H2,1-4H3,(H,30,34)/t17-,18+,25-,26-/m0/s1. The van der Waals surface area contributed by atoms with E-state index in [0.29, 0.717) is 16.9 Å². The molecule has 0 spiro atoms. The fraction of sp³-hybridized carbons (Fsp3) is 0.407. The molecule has 2 fully saturated rings. The van der Waals surface area contributed by atoms with Crippen LogP contribution in [0.5, 0.6) is 0 Å². The van der Waals surface area contributed by atoms with Gasteiger partial charge in [0.15, 0.2) is 5.11 Å². The molecular formula is C27H32ClN5S. The molecule has 5 nitrogen and oxygen atoms in total. The zero-order valence-electron chi connectivity index (χ0n) is 20.2. The molecule has 1 aromatic carbocycles. The van der Waals surface area contributed by atoms with E-state index in [1.807, 2.05) is 18.3 Å². The minimum Gasteiger partial charge on any atom is -0.370 e. The van der Waals surface area contributed by atoms with E-state index in [1.165, 1.54) is 17.8 Å². The normalized spacial score (nSPS) is 25.0. The van der Waals surface area contributed by atoms with Gasteiger partial charge in [0.05, 0.1) is 22.4 Å². The van der Waals surface area contributed by atoms with E-state index in [9.17, 15) is 0 Å². The molecule has 2 aliphatic rings. The van der Waals surface area contributed by atoms with E-state index < -0.39 is 0 Å². The highest BCUT2D eigenvalue weighted by Gasteiger charge is 2.42. The second-order valence-electron chi connectivity index (χ2n) is 9.94. The van der Waals surface area contributed by atoms with Gasteiger partial charge in [0, 0.05) is 43.4 Å². The molecule has 2 aromatic heterocycles. The monoisotopic (exact) mass is 493 g/mol. The third-order valence-electron chi connectivity index (χ3n) is 7.23. The summed E-state index contributed by atoms with van der Waals surface area (Å²) in [6.07, 6.45) is 3.11. The molecular weight excluding hydrogens is 462 g/mol. The van der Waals surface area contributed by atoms with Crippen molar-refractivity contribution in [3.63, 3.8) is 0 Å². The fourth-order valence-electron chi connectivity index (χ4n) is 5.63. The van der Waals surface area contributed by atoms with Crippen molar-refractivity contribution in [2.45, 2.75) is 39.3 Å². The summed E-state index contributed by atoms with van der Waals surface area (Å²) in [4.78, 5) is 9.28. The van der Waals surface area contributed by atoms with Crippen LogP contribution in [-0.4, -0.2) is 27.8 Å². The van der Waals surface area contributed by atoms with Crippen LogP contribution in [0.2, 0.25) is 5.02 Å². The number of aryl methyl sites for hydroxylation is 1. The lowest BCUT2D eigenvalue weighted by Gasteiger charge is -2.37. The zero-order valence-corrected chi connectivity index (χ0v) is 21.8. The van der Waals surface area contributed by atoms with Crippen molar-refractivity contribution in [1.82, 2.24) is 14.9 Å². The third-order valence-corrected chi connectivity index (χ3v) is 7.85. The molecule has 178 valence electrons. The van der Waals surface area contributed by atoms with Gasteiger partial charge in [0.1, 0.15) is 6.04 Å². The summed E-state index contributed by atoms with van der Waals surface area (Å²) in [7, 11) is 2.11. The Labute approximate surface area is 212 Å². The second kappa shape index (κ2) is 9.23. The topological polar surface area (TPSA) is 36.3 Å². The first-order chi connectivity index (χ1) is 16.3. The van der Waals surface area contributed by atoms with Gasteiger partial charge in [-0.2, -0.15) is 0 Å². The summed E-state index contributed by atoms with van der Waals surface area (Å²) < 4.78 is 2.23. The Hall–Kier alpha value is -2.57. The van der Waals surface area contributed by atoms with Crippen molar-refractivity contribution < 1.29 is 0 Å². The maximum absolute atomic E-state index is 6.92. The Bertz CT molecular complexity index is 1180. The maximum atomic E-state index is 6.92. The van der Waals surface area contributed by atoms with E-state index in [2.05, 4.69) is 88.9 Å². The van der Waals surface area contributed by atoms with Crippen molar-refractivity contribution in [3.05, 3.63) is 76.8 Å². The predicted molar refractivity (Wildman–Crippen MR) is 145 cm³/mol. The van der Waals surface area contributed by atoms with Gasteiger partial charge in [-0.3, -0.25) is 4.98 Å². The van der Waals surface area contributed by atoms with Gasteiger partial charge in [0.2, 0.25) is 0 Å². The highest BCUT2D eigenvalue weighted by atomic mass is 35.5. The Morgan fingerprint density at radius 2 is 1.82 bits per heavy atom. The first-order valence-electron chi connectivity index (χ1n) is 12.0. The van der Waals surface area contributed by atoms with Gasteiger partial charge in [0.25, 0.3) is 0 Å². The van der Waals surface area contributed by atoms with Gasteiger partial charge in [-0.15, -0.1) is 0 Å². The van der Waals surface area contributed by atoms with Crippen molar-refractivity contribution >= 4 is 40.3 Å². The average molecular weight is 494 g/mol. The maximum Gasteiger partial charge on any atom is 0.174 e. The average Bonchev–Trinajstić information content (AvgIpc) is 3.32. The van der Waals surface area contributed by atoms with Gasteiger partial charge in [-0.25, -0.2) is 0 Å². The number of benzene rings is 1. The molecule has 2 aliphatic heterocycles. The second-order valence-corrected chi connectivity index (χ2v) is 10.7. The molecule has 4 heterocycles. The lowest BCUT2D eigenvalue weighted by Crippen LogP contribution is -2.38. The number of rotatable bonds is 4. The number of thiocarbonyl (C=S) groups is 1. The summed E-state index contributed by atoms with van der Waals surface area (Å²) in [6.45, 7) is 8.85. The van der Waals surface area contributed by atoms with Crippen LogP contribution in [0.3, 0.4) is 0 Å². The molecule has 1 N–H and O–H groups in total. The lowest BCUT2D eigenvalue weighted by atomic mass is 9.91. The molecule has 3 aromatic rings. The molecule has 34 heavy (non-hydrogen) atoms. The molecule has 0 radical (unpaired) electrons. The summed E-state index contributed by atoms with van der Waals surface area (Å²) in [5, 5.41) is 4.99. The van der Waals surface area contributed by atoms with Gasteiger partial charge in [-0.1, -0.05) is 31.5 Å². The number of anilines is 2. The van der Waals surface area contributed by atoms with Crippen molar-refractivity contribution in [2.24, 2.45) is 18.9 Å². The molecule has 0 unspecified atom stereocenters. The van der Waals surface area contributed by atoms with Crippen molar-refractivity contribution in [2.75, 3.05) is 22.9 Å². The summed E-state index contributed by atoms with van der Waals surface area (Å²) in [6, 6.07) is 16.6. The van der Waals surface area contributed by atoms with Crippen LogP contribution in [0.25, 0.3) is 0 Å². The van der Waals surface area contributed by atoms with Crippen molar-refractivity contribution in [3.8, 4) is 0 Å². The van der Waals surface area contributed by atoms with E-state index in [4.69, 9.17) is 23.8 Å². The summed E-state index contributed by atoms with van der Waals surface area (Å²) in [5.41, 5.74) is 5.45. The highest BCUT2D eigenvalue weighted by molar-refractivity contribution is 7.80. The smallest absolute Gasteiger partial charge is 0.174 e. The highest BCUT2D eigenvalue weighted by Crippen LogP contribution is 2.43. The van der Waals surface area contributed by atoms with Crippen LogP contribution in [0.4, 0.5) is 11.4 Å². The predicted octanol–water partition coefficient (Wildman–Crippen LogP) is 6.04. The molecule has 0 amide bonds. The fourth-order valence-corrected chi connectivity index (χ4v) is 6.27. The van der Waals surface area contributed by atoms with Gasteiger partial charge >= 0.3 is 0 Å². The number of pyridine rings is 1. The van der Waals surface area contributed by atoms with Gasteiger partial charge < -0.3 is 19.7 Å². The van der Waals surface area contributed by atoms with Crippen LogP contribution in [0.15, 0.2) is 54.7 Å². The zero-order chi connectivity index (χ0) is 24.0. The van der Waals surface area contributed by atoms with Crippen LogP contribution in [-0.2, 0) is 7.05 Å². The number of nitrogens with one attached hydrogen (secondary N) is 1. The van der Waals surface area contributed by atoms with Crippen LogP contribution < -0.4 is 15.1 Å². The third kappa shape index (κ3) is 4.18. The van der Waals surface area contributed by atoms with E-state index in [0.717, 1.165) is 35.2 Å². The Kier molecular flexibility index (Phi) is 6.30. The van der Waals surface area contributed by atoms with E-state index in [-0.39, 0.29) is 12.1 Å². The summed E-state index contributed by atoms with van der Waals surface area (Å²) in [5.74, 6) is 1.33. The summed E-state index contributed by atoms with van der Waals surface area (Å²) >= 11 is 12.8. The SMILES string of the molecule is Cc1ccc([C@H]2[C@H](c3ccccn3)NC(=S)N2c2ccc(N3C[C@H](C)C[C@H](C)C3)c(Cl)c2)n1C. The molecule has 0 aliphatic carbocycles. The molecule has 0 bridgehead atoms. The molecule has 5 rings (SSSR count). The number of halogens is 1. The first-order valence-corrected chi connectivity index (χ1v) is 12.8. The largest absolute Gasteiger partial charge is 0.370 e. The lowest BCUT2D eigenvalue weighted by molar-refractivity contribution is 0.357. The molecule has 4 atom stereocenters. The van der Waals surface area contributed by atoms with E-state index >= 15 is 0 Å². The Morgan fingerprint density at radius 3 is 2.44 bits per heavy atom. The number of hydrogen-bond donors (Lipinski definition) is 1. The Balaban J connectivity index is 1.54. The first kappa shape index (κ1) is 23.2. The van der Waals surface area contributed by atoms with Gasteiger partial charge in [-0.05, 0) is 79.9 Å².